The summed E-state index contributed by atoms with van der Waals surface area (Å²) in [6, 6.07) is 9.70. The van der Waals surface area contributed by atoms with Crippen molar-refractivity contribution < 1.29 is 9.53 Å². The third kappa shape index (κ3) is 2.23. The Morgan fingerprint density at radius 3 is 2.88 bits per heavy atom. The molecular weight excluding hydrogens is 204 g/mol. The van der Waals surface area contributed by atoms with Gasteiger partial charge in [-0.3, -0.25) is 4.79 Å². The number of carbonyl (C=O) groups excluding carboxylic acids is 1. The largest absolute Gasteiger partial charge is 0.365 e. The van der Waals surface area contributed by atoms with Crippen LogP contribution in [0.4, 0.5) is 5.69 Å². The van der Waals surface area contributed by atoms with Crippen LogP contribution in [0.15, 0.2) is 30.3 Å². The Labute approximate surface area is 95.2 Å². The minimum absolute atomic E-state index is 0.0341. The van der Waals surface area contributed by atoms with Gasteiger partial charge in [-0.2, -0.15) is 0 Å². The highest BCUT2D eigenvalue weighted by Crippen LogP contribution is 2.17. The van der Waals surface area contributed by atoms with Crippen molar-refractivity contribution in [2.45, 2.75) is 6.10 Å². The Bertz CT molecular complexity index is 351. The fourth-order valence-electron chi connectivity index (χ4n) is 1.84. The van der Waals surface area contributed by atoms with Gasteiger partial charge in [-0.1, -0.05) is 18.2 Å². The van der Waals surface area contributed by atoms with Crippen LogP contribution >= 0.6 is 0 Å². The summed E-state index contributed by atoms with van der Waals surface area (Å²) in [6.45, 7) is 1.78. The lowest BCUT2D eigenvalue weighted by molar-refractivity contribution is -0.133. The molecule has 1 N–H and O–H groups in total. The van der Waals surface area contributed by atoms with Crippen molar-refractivity contribution >= 4 is 11.6 Å². The minimum Gasteiger partial charge on any atom is -0.365 e. The average Bonchev–Trinajstić information content (AvgIpc) is 2.33. The Hall–Kier alpha value is -1.39. The fraction of sp³-hybridized carbons (Fsp3) is 0.417. The monoisotopic (exact) mass is 220 g/mol. The lowest BCUT2D eigenvalue weighted by Gasteiger charge is -2.32. The SMILES string of the molecule is CNCC1OCCN(c2ccccc2)C1=O. The highest BCUT2D eigenvalue weighted by atomic mass is 16.5. The summed E-state index contributed by atoms with van der Waals surface area (Å²) in [5.41, 5.74) is 0.942. The molecule has 1 unspecified atom stereocenters. The van der Waals surface area contributed by atoms with Crippen molar-refractivity contribution in [2.75, 3.05) is 31.6 Å². The maximum atomic E-state index is 12.1. The highest BCUT2D eigenvalue weighted by Gasteiger charge is 2.29. The lowest BCUT2D eigenvalue weighted by atomic mass is 10.2. The van der Waals surface area contributed by atoms with Gasteiger partial charge in [-0.25, -0.2) is 0 Å². The van der Waals surface area contributed by atoms with E-state index in [-0.39, 0.29) is 12.0 Å². The molecule has 1 heterocycles. The van der Waals surface area contributed by atoms with Gasteiger partial charge in [0.2, 0.25) is 0 Å². The van der Waals surface area contributed by atoms with Crippen LogP contribution in [0, 0.1) is 0 Å². The molecule has 1 fully saturated rings. The number of nitrogens with one attached hydrogen (secondary N) is 1. The van der Waals surface area contributed by atoms with Crippen LogP contribution in [0.2, 0.25) is 0 Å². The van der Waals surface area contributed by atoms with Crippen molar-refractivity contribution in [3.8, 4) is 0 Å². The summed E-state index contributed by atoms with van der Waals surface area (Å²) in [6.07, 6.45) is -0.362. The number of rotatable bonds is 3. The van der Waals surface area contributed by atoms with E-state index in [4.69, 9.17) is 4.74 Å². The number of hydrogen-bond acceptors (Lipinski definition) is 3. The van der Waals surface area contributed by atoms with Gasteiger partial charge in [0.1, 0.15) is 6.10 Å². The molecule has 0 bridgehead atoms. The second-order valence-electron chi connectivity index (χ2n) is 3.74. The summed E-state index contributed by atoms with van der Waals surface area (Å²) in [7, 11) is 1.82. The highest BCUT2D eigenvalue weighted by molar-refractivity contribution is 5.97. The minimum atomic E-state index is -0.362. The number of hydrogen-bond donors (Lipinski definition) is 1. The molecule has 0 radical (unpaired) electrons. The summed E-state index contributed by atoms with van der Waals surface area (Å²) < 4.78 is 5.43. The van der Waals surface area contributed by atoms with Crippen molar-refractivity contribution in [1.82, 2.24) is 5.32 Å². The third-order valence-electron chi connectivity index (χ3n) is 2.63. The van der Waals surface area contributed by atoms with E-state index in [2.05, 4.69) is 5.32 Å². The molecule has 1 aliphatic rings. The van der Waals surface area contributed by atoms with E-state index in [0.717, 1.165) is 5.69 Å². The molecule has 1 saturated heterocycles. The lowest BCUT2D eigenvalue weighted by Crippen LogP contribution is -2.51. The van der Waals surface area contributed by atoms with E-state index >= 15 is 0 Å². The van der Waals surface area contributed by atoms with Gasteiger partial charge in [-0.15, -0.1) is 0 Å². The second-order valence-corrected chi connectivity index (χ2v) is 3.74. The van der Waals surface area contributed by atoms with Gasteiger partial charge >= 0.3 is 0 Å². The Morgan fingerprint density at radius 1 is 1.44 bits per heavy atom. The zero-order chi connectivity index (χ0) is 11.4. The molecule has 16 heavy (non-hydrogen) atoms. The van der Waals surface area contributed by atoms with Gasteiger partial charge in [0, 0.05) is 18.8 Å². The first-order valence-electron chi connectivity index (χ1n) is 5.45. The van der Waals surface area contributed by atoms with Gasteiger partial charge in [0.05, 0.1) is 6.61 Å². The normalized spacial score (nSPS) is 21.2. The smallest absolute Gasteiger partial charge is 0.257 e. The predicted octanol–water partition coefficient (Wildman–Crippen LogP) is 0.638. The number of carbonyl (C=O) groups is 1. The quantitative estimate of drug-likeness (QED) is 0.812. The molecule has 1 atom stereocenters. The molecule has 1 aliphatic heterocycles. The Kier molecular flexibility index (Phi) is 3.54. The third-order valence-corrected chi connectivity index (χ3v) is 2.63. The van der Waals surface area contributed by atoms with Crippen LogP contribution < -0.4 is 10.2 Å². The fourth-order valence-corrected chi connectivity index (χ4v) is 1.84. The second kappa shape index (κ2) is 5.09. The number of amides is 1. The Morgan fingerprint density at radius 2 is 2.19 bits per heavy atom. The van der Waals surface area contributed by atoms with Crippen molar-refractivity contribution in [1.29, 1.82) is 0 Å². The van der Waals surface area contributed by atoms with Crippen molar-refractivity contribution in [3.63, 3.8) is 0 Å². The molecule has 0 saturated carbocycles. The predicted molar refractivity (Wildman–Crippen MR) is 62.5 cm³/mol. The van der Waals surface area contributed by atoms with E-state index in [1.807, 2.05) is 37.4 Å². The molecule has 4 heteroatoms. The van der Waals surface area contributed by atoms with E-state index in [1.54, 1.807) is 4.90 Å². The number of para-hydroxylation sites is 1. The average molecular weight is 220 g/mol. The van der Waals surface area contributed by atoms with Crippen molar-refractivity contribution in [2.24, 2.45) is 0 Å². The van der Waals surface area contributed by atoms with Crippen molar-refractivity contribution in [3.05, 3.63) is 30.3 Å². The van der Waals surface area contributed by atoms with E-state index in [1.165, 1.54) is 0 Å². The molecule has 86 valence electrons. The zero-order valence-corrected chi connectivity index (χ0v) is 9.35. The molecule has 1 aromatic rings. The summed E-state index contributed by atoms with van der Waals surface area (Å²) in [5, 5.41) is 2.97. The Balaban J connectivity index is 2.13. The van der Waals surface area contributed by atoms with Crippen LogP contribution in [-0.2, 0) is 9.53 Å². The first-order valence-corrected chi connectivity index (χ1v) is 5.45. The number of likely N-dealkylation sites (N-methyl/N-ethyl adjacent to an activating group) is 1. The van der Waals surface area contributed by atoms with E-state index in [9.17, 15) is 4.79 Å². The molecule has 1 aromatic carbocycles. The van der Waals surface area contributed by atoms with E-state index in [0.29, 0.717) is 19.7 Å². The van der Waals surface area contributed by atoms with E-state index < -0.39 is 0 Å². The molecule has 2 rings (SSSR count). The maximum Gasteiger partial charge on any atom is 0.257 e. The van der Waals surface area contributed by atoms with Crippen LogP contribution in [0.5, 0.6) is 0 Å². The summed E-state index contributed by atoms with van der Waals surface area (Å²) in [4.78, 5) is 13.9. The van der Waals surface area contributed by atoms with Crippen LogP contribution in [0.1, 0.15) is 0 Å². The van der Waals surface area contributed by atoms with Gasteiger partial charge in [0.15, 0.2) is 0 Å². The summed E-state index contributed by atoms with van der Waals surface area (Å²) in [5.74, 6) is 0.0341. The number of anilines is 1. The number of benzene rings is 1. The topological polar surface area (TPSA) is 41.6 Å². The molecular formula is C12H16N2O2. The van der Waals surface area contributed by atoms with Crippen LogP contribution in [0.3, 0.4) is 0 Å². The van der Waals surface area contributed by atoms with Gasteiger partial charge in [0.25, 0.3) is 5.91 Å². The van der Waals surface area contributed by atoms with Gasteiger partial charge < -0.3 is 15.0 Å². The van der Waals surface area contributed by atoms with Crippen LogP contribution in [-0.4, -0.2) is 38.8 Å². The molecule has 1 amide bonds. The first-order chi connectivity index (χ1) is 7.83. The summed E-state index contributed by atoms with van der Waals surface area (Å²) >= 11 is 0. The molecule has 0 aromatic heterocycles. The molecule has 0 spiro atoms. The number of morpholine rings is 1. The number of ether oxygens (including phenoxy) is 1. The maximum absolute atomic E-state index is 12.1. The standard InChI is InChI=1S/C12H16N2O2/c1-13-9-11-12(15)14(7-8-16-11)10-5-3-2-4-6-10/h2-6,11,13H,7-9H2,1H3. The molecule has 0 aliphatic carbocycles. The van der Waals surface area contributed by atoms with Crippen LogP contribution in [0.25, 0.3) is 0 Å². The molecule has 4 nitrogen and oxygen atoms in total. The first kappa shape index (κ1) is 11.1. The number of nitrogens with zero attached hydrogens (tertiary/aromatic N) is 1. The zero-order valence-electron chi connectivity index (χ0n) is 9.35. The van der Waals surface area contributed by atoms with Gasteiger partial charge in [-0.05, 0) is 19.2 Å².